The van der Waals surface area contributed by atoms with E-state index in [1.165, 1.54) is 0 Å². The van der Waals surface area contributed by atoms with Crippen molar-refractivity contribution in [3.8, 4) is 0 Å². The van der Waals surface area contributed by atoms with E-state index in [1.807, 2.05) is 48.5 Å². The van der Waals surface area contributed by atoms with Crippen molar-refractivity contribution < 1.29 is 17.2 Å². The molecule has 1 aliphatic rings. The van der Waals surface area contributed by atoms with Gasteiger partial charge in [0.25, 0.3) is 0 Å². The summed E-state index contributed by atoms with van der Waals surface area (Å²) in [6.07, 6.45) is 0. The molecule has 1 saturated heterocycles. The van der Waals surface area contributed by atoms with Gasteiger partial charge in [-0.25, -0.2) is 17.2 Å². The Balaban J connectivity index is 1.46. The van der Waals surface area contributed by atoms with Gasteiger partial charge >= 0.3 is 0 Å². The van der Waals surface area contributed by atoms with Gasteiger partial charge in [-0.2, -0.15) is 0 Å². The summed E-state index contributed by atoms with van der Waals surface area (Å²) in [7, 11) is -3.51. The van der Waals surface area contributed by atoms with Gasteiger partial charge in [0.05, 0.1) is 17.5 Å². The van der Waals surface area contributed by atoms with E-state index in [2.05, 4.69) is 4.90 Å². The van der Waals surface area contributed by atoms with Crippen LogP contribution in [0.1, 0.15) is 22.7 Å². The molecule has 3 aromatic carbocycles. The predicted octanol–water partition coefficient (Wildman–Crippen LogP) is 5.91. The van der Waals surface area contributed by atoms with Crippen LogP contribution >= 0.6 is 23.2 Å². The molecule has 8 heteroatoms. The quantitative estimate of drug-likeness (QED) is 0.408. The third kappa shape index (κ3) is 5.67. The Kier molecular flexibility index (Phi) is 6.86. The molecule has 1 aliphatic heterocycles. The lowest BCUT2D eigenvalue weighted by atomic mass is 9.91. The third-order valence-corrected chi connectivity index (χ3v) is 7.78. The molecule has 0 saturated carbocycles. The molecule has 32 heavy (non-hydrogen) atoms. The van der Waals surface area contributed by atoms with Gasteiger partial charge in [-0.3, -0.25) is 4.90 Å². The maximum Gasteiger partial charge on any atom is 0.154 e. The molecule has 0 spiro atoms. The standard InChI is InChI=1S/C24H21Cl2F2NO2S/c25-20-5-1-18(2-6-20)24(19-3-7-21(26)8-4-19)29-12-17(13-29)15-32(30,31)14-16-9-22(27)11-23(28)10-16/h1-11,17,24H,12-15H2. The van der Waals surface area contributed by atoms with E-state index < -0.39 is 21.5 Å². The molecule has 168 valence electrons. The number of benzene rings is 3. The van der Waals surface area contributed by atoms with E-state index in [0.717, 1.165) is 29.3 Å². The Labute approximate surface area is 196 Å². The minimum atomic E-state index is -3.51. The first kappa shape index (κ1) is 23.2. The molecular weight excluding hydrogens is 475 g/mol. The predicted molar refractivity (Wildman–Crippen MR) is 124 cm³/mol. The molecule has 0 radical (unpaired) electrons. The highest BCUT2D eigenvalue weighted by atomic mass is 35.5. The van der Waals surface area contributed by atoms with Gasteiger partial charge in [0.2, 0.25) is 0 Å². The molecular formula is C24H21Cl2F2NO2S. The van der Waals surface area contributed by atoms with Crippen LogP contribution in [0.5, 0.6) is 0 Å². The SMILES string of the molecule is O=S(=O)(Cc1cc(F)cc(F)c1)CC1CN(C(c2ccc(Cl)cc2)c2ccc(Cl)cc2)C1. The van der Waals surface area contributed by atoms with Crippen LogP contribution in [0.2, 0.25) is 10.0 Å². The topological polar surface area (TPSA) is 37.4 Å². The number of rotatable bonds is 7. The van der Waals surface area contributed by atoms with Crippen molar-refractivity contribution >= 4 is 33.0 Å². The van der Waals surface area contributed by atoms with Crippen LogP contribution in [-0.2, 0) is 15.6 Å². The highest BCUT2D eigenvalue weighted by Crippen LogP contribution is 2.36. The fourth-order valence-corrected chi connectivity index (χ4v) is 6.17. The zero-order chi connectivity index (χ0) is 22.9. The Hall–Kier alpha value is -1.99. The summed E-state index contributed by atoms with van der Waals surface area (Å²) in [5.74, 6) is -2.02. The summed E-state index contributed by atoms with van der Waals surface area (Å²) < 4.78 is 52.0. The molecule has 0 aromatic heterocycles. The molecule has 0 unspecified atom stereocenters. The Bertz CT molecular complexity index is 1130. The highest BCUT2D eigenvalue weighted by molar-refractivity contribution is 7.90. The van der Waals surface area contributed by atoms with Crippen LogP contribution in [-0.4, -0.2) is 32.2 Å². The zero-order valence-corrected chi connectivity index (χ0v) is 19.3. The van der Waals surface area contributed by atoms with Crippen LogP contribution in [0, 0.1) is 17.6 Å². The van der Waals surface area contributed by atoms with Gasteiger partial charge in [0, 0.05) is 29.2 Å². The summed E-state index contributed by atoms with van der Waals surface area (Å²) in [5, 5.41) is 1.29. The summed E-state index contributed by atoms with van der Waals surface area (Å²) in [5.41, 5.74) is 2.22. The lowest BCUT2D eigenvalue weighted by Crippen LogP contribution is -2.51. The van der Waals surface area contributed by atoms with Gasteiger partial charge in [0.1, 0.15) is 11.6 Å². The monoisotopic (exact) mass is 495 g/mol. The fraction of sp³-hybridized carbons (Fsp3) is 0.250. The van der Waals surface area contributed by atoms with E-state index in [9.17, 15) is 17.2 Å². The number of nitrogens with zero attached hydrogens (tertiary/aromatic N) is 1. The molecule has 4 rings (SSSR count). The molecule has 1 heterocycles. The van der Waals surface area contributed by atoms with Gasteiger partial charge in [-0.15, -0.1) is 0 Å². The number of hydrogen-bond donors (Lipinski definition) is 0. The van der Waals surface area contributed by atoms with Crippen molar-refractivity contribution in [2.45, 2.75) is 11.8 Å². The molecule has 1 fully saturated rings. The number of likely N-dealkylation sites (tertiary alicyclic amines) is 1. The first-order valence-electron chi connectivity index (χ1n) is 10.1. The van der Waals surface area contributed by atoms with Gasteiger partial charge in [-0.1, -0.05) is 47.5 Å². The molecule has 3 aromatic rings. The van der Waals surface area contributed by atoms with Crippen LogP contribution in [0.3, 0.4) is 0 Å². The second-order valence-electron chi connectivity index (χ2n) is 8.16. The minimum absolute atomic E-state index is 0.0322. The second kappa shape index (κ2) is 9.48. The number of hydrogen-bond acceptors (Lipinski definition) is 3. The number of halogens is 4. The van der Waals surface area contributed by atoms with Gasteiger partial charge in [-0.05, 0) is 59.0 Å². The van der Waals surface area contributed by atoms with Gasteiger partial charge in [0.15, 0.2) is 9.84 Å². The molecule has 0 atom stereocenters. The minimum Gasteiger partial charge on any atom is -0.292 e. The maximum atomic E-state index is 13.4. The lowest BCUT2D eigenvalue weighted by Gasteiger charge is -2.44. The summed E-state index contributed by atoms with van der Waals surface area (Å²) in [6.45, 7) is 1.18. The molecule has 0 N–H and O–H groups in total. The van der Waals surface area contributed by atoms with E-state index in [4.69, 9.17) is 23.2 Å². The van der Waals surface area contributed by atoms with E-state index in [-0.39, 0.29) is 29.0 Å². The van der Waals surface area contributed by atoms with Crippen molar-refractivity contribution in [3.05, 3.63) is 105 Å². The smallest absolute Gasteiger partial charge is 0.154 e. The third-order valence-electron chi connectivity index (χ3n) is 5.52. The maximum absolute atomic E-state index is 13.4. The molecule has 0 bridgehead atoms. The van der Waals surface area contributed by atoms with Crippen molar-refractivity contribution in [1.29, 1.82) is 0 Å². The van der Waals surface area contributed by atoms with Gasteiger partial charge < -0.3 is 0 Å². The van der Waals surface area contributed by atoms with Crippen molar-refractivity contribution in [3.63, 3.8) is 0 Å². The second-order valence-corrected chi connectivity index (χ2v) is 11.1. The number of sulfone groups is 1. The lowest BCUT2D eigenvalue weighted by molar-refractivity contribution is 0.0812. The molecule has 3 nitrogen and oxygen atoms in total. The normalized spacial score (nSPS) is 15.2. The van der Waals surface area contributed by atoms with Crippen LogP contribution in [0.4, 0.5) is 8.78 Å². The molecule has 0 amide bonds. The van der Waals surface area contributed by atoms with Crippen LogP contribution in [0.15, 0.2) is 66.7 Å². The van der Waals surface area contributed by atoms with Crippen molar-refractivity contribution in [1.82, 2.24) is 4.90 Å². The summed E-state index contributed by atoms with van der Waals surface area (Å²) >= 11 is 12.1. The average Bonchev–Trinajstić information content (AvgIpc) is 2.67. The highest BCUT2D eigenvalue weighted by Gasteiger charge is 2.36. The van der Waals surface area contributed by atoms with Crippen molar-refractivity contribution in [2.24, 2.45) is 5.92 Å². The zero-order valence-electron chi connectivity index (χ0n) is 17.0. The van der Waals surface area contributed by atoms with E-state index >= 15 is 0 Å². The summed E-state index contributed by atoms with van der Waals surface area (Å²) in [6, 6.07) is 18.0. The van der Waals surface area contributed by atoms with Crippen molar-refractivity contribution in [2.75, 3.05) is 18.8 Å². The first-order valence-corrected chi connectivity index (χ1v) is 12.7. The average molecular weight is 496 g/mol. The summed E-state index contributed by atoms with van der Waals surface area (Å²) in [4.78, 5) is 2.20. The van der Waals surface area contributed by atoms with Crippen LogP contribution < -0.4 is 0 Å². The largest absolute Gasteiger partial charge is 0.292 e. The van der Waals surface area contributed by atoms with E-state index in [1.54, 1.807) is 0 Å². The Morgan fingerprint density at radius 1 is 0.844 bits per heavy atom. The fourth-order valence-electron chi connectivity index (χ4n) is 4.20. The van der Waals surface area contributed by atoms with Crippen LogP contribution in [0.25, 0.3) is 0 Å². The molecule has 0 aliphatic carbocycles. The Morgan fingerprint density at radius 3 is 1.78 bits per heavy atom. The van der Waals surface area contributed by atoms with E-state index in [0.29, 0.717) is 23.1 Å². The first-order chi connectivity index (χ1) is 15.2. The Morgan fingerprint density at radius 2 is 1.31 bits per heavy atom.